The van der Waals surface area contributed by atoms with Gasteiger partial charge in [0, 0.05) is 42.9 Å². The third kappa shape index (κ3) is 4.30. The first-order valence-corrected chi connectivity index (χ1v) is 9.77. The summed E-state index contributed by atoms with van der Waals surface area (Å²) in [5.41, 5.74) is 2.24. The smallest absolute Gasteiger partial charge is 0.325 e. The molecule has 1 N–H and O–H groups in total. The average Bonchev–Trinajstić information content (AvgIpc) is 3.45. The summed E-state index contributed by atoms with van der Waals surface area (Å²) >= 11 is 0. The van der Waals surface area contributed by atoms with E-state index in [2.05, 4.69) is 10.4 Å². The fourth-order valence-electron chi connectivity index (χ4n) is 3.45. The van der Waals surface area contributed by atoms with Crippen molar-refractivity contribution in [3.8, 4) is 17.2 Å². The van der Waals surface area contributed by atoms with Crippen LogP contribution in [0.15, 0.2) is 60.9 Å². The van der Waals surface area contributed by atoms with Gasteiger partial charge in [-0.1, -0.05) is 0 Å². The number of rotatable bonds is 7. The Morgan fingerprint density at radius 1 is 1.03 bits per heavy atom. The van der Waals surface area contributed by atoms with Crippen LogP contribution in [-0.2, 0) is 4.79 Å². The lowest BCUT2D eigenvalue weighted by Gasteiger charge is -2.19. The van der Waals surface area contributed by atoms with Crippen LogP contribution in [0.4, 0.5) is 16.2 Å². The molecule has 9 nitrogen and oxygen atoms in total. The van der Waals surface area contributed by atoms with E-state index in [1.807, 2.05) is 24.4 Å². The van der Waals surface area contributed by atoms with Crippen LogP contribution in [0.1, 0.15) is 0 Å². The molecule has 0 spiro atoms. The molecule has 0 radical (unpaired) electrons. The Morgan fingerprint density at radius 3 is 2.45 bits per heavy atom. The van der Waals surface area contributed by atoms with Gasteiger partial charge in [0.05, 0.1) is 19.9 Å². The van der Waals surface area contributed by atoms with Crippen molar-refractivity contribution in [3.05, 3.63) is 60.9 Å². The average molecular weight is 421 g/mol. The van der Waals surface area contributed by atoms with Crippen LogP contribution in [0.5, 0.6) is 11.5 Å². The highest BCUT2D eigenvalue weighted by atomic mass is 16.5. The molecule has 0 aliphatic carbocycles. The number of ether oxygens (including phenoxy) is 2. The van der Waals surface area contributed by atoms with Gasteiger partial charge in [0.2, 0.25) is 5.91 Å². The molecule has 4 rings (SSSR count). The molecule has 1 saturated heterocycles. The Hall–Kier alpha value is -4.01. The van der Waals surface area contributed by atoms with Crippen LogP contribution in [0, 0.1) is 0 Å². The molecule has 3 aromatic rings. The Balaban J connectivity index is 1.37. The number of urea groups is 1. The molecule has 31 heavy (non-hydrogen) atoms. The molecule has 0 bridgehead atoms. The second kappa shape index (κ2) is 8.78. The molecule has 0 unspecified atom stereocenters. The van der Waals surface area contributed by atoms with E-state index < -0.39 is 0 Å². The summed E-state index contributed by atoms with van der Waals surface area (Å²) in [6, 6.07) is 14.2. The minimum absolute atomic E-state index is 0.0243. The first kappa shape index (κ1) is 20.3. The Labute approximate surface area is 179 Å². The molecule has 1 aliphatic heterocycles. The normalized spacial score (nSPS) is 13.4. The summed E-state index contributed by atoms with van der Waals surface area (Å²) in [6.07, 6.45) is 3.55. The summed E-state index contributed by atoms with van der Waals surface area (Å²) in [4.78, 5) is 28.4. The van der Waals surface area contributed by atoms with E-state index in [1.54, 1.807) is 60.3 Å². The summed E-state index contributed by atoms with van der Waals surface area (Å²) in [6.45, 7) is 0.919. The largest absolute Gasteiger partial charge is 0.493 e. The number of hydrogen-bond acceptors (Lipinski definition) is 5. The highest BCUT2D eigenvalue weighted by Gasteiger charge is 2.31. The number of carbonyl (C=O) groups excluding carboxylic acids is 2. The topological polar surface area (TPSA) is 88.9 Å². The number of nitrogens with one attached hydrogen (secondary N) is 1. The Bertz CT molecular complexity index is 1070. The standard InChI is InChI=1S/C22H23N5O4/c1-30-19-9-8-18(14-20(19)31-2)26-13-12-25(22(26)29)15-21(28)24-16-4-6-17(7-5-16)27-11-3-10-23-27/h3-11,14H,12-13,15H2,1-2H3,(H,24,28). The van der Waals surface area contributed by atoms with Gasteiger partial charge in [-0.05, 0) is 42.5 Å². The molecule has 2 heterocycles. The number of nitrogens with zero attached hydrogens (tertiary/aromatic N) is 4. The van der Waals surface area contributed by atoms with Crippen molar-refractivity contribution in [2.45, 2.75) is 0 Å². The van der Waals surface area contributed by atoms with Gasteiger partial charge in [-0.2, -0.15) is 5.10 Å². The molecule has 0 saturated carbocycles. The first-order chi connectivity index (χ1) is 15.1. The van der Waals surface area contributed by atoms with E-state index in [1.165, 1.54) is 4.90 Å². The Morgan fingerprint density at radius 2 is 1.77 bits per heavy atom. The first-order valence-electron chi connectivity index (χ1n) is 9.77. The van der Waals surface area contributed by atoms with Gasteiger partial charge >= 0.3 is 6.03 Å². The monoisotopic (exact) mass is 421 g/mol. The third-order valence-electron chi connectivity index (χ3n) is 5.03. The number of methoxy groups -OCH3 is 2. The van der Waals surface area contributed by atoms with Crippen LogP contribution in [0.2, 0.25) is 0 Å². The molecular formula is C22H23N5O4. The number of carbonyl (C=O) groups is 2. The number of aromatic nitrogens is 2. The van der Waals surface area contributed by atoms with Crippen LogP contribution < -0.4 is 19.7 Å². The summed E-state index contributed by atoms with van der Waals surface area (Å²) in [7, 11) is 3.11. The van der Waals surface area contributed by atoms with Gasteiger partial charge < -0.3 is 19.7 Å². The second-order valence-electron chi connectivity index (χ2n) is 6.94. The van der Waals surface area contributed by atoms with E-state index in [0.29, 0.717) is 36.0 Å². The maximum atomic E-state index is 12.8. The van der Waals surface area contributed by atoms with E-state index in [9.17, 15) is 9.59 Å². The molecule has 1 aromatic heterocycles. The van der Waals surface area contributed by atoms with Crippen LogP contribution in [0.3, 0.4) is 0 Å². The SMILES string of the molecule is COc1ccc(N2CCN(CC(=O)Nc3ccc(-n4cccn4)cc3)C2=O)cc1OC. The van der Waals surface area contributed by atoms with Crippen molar-refractivity contribution < 1.29 is 19.1 Å². The van der Waals surface area contributed by atoms with Crippen molar-refractivity contribution >= 4 is 23.3 Å². The van der Waals surface area contributed by atoms with E-state index in [4.69, 9.17) is 9.47 Å². The lowest BCUT2D eigenvalue weighted by molar-refractivity contribution is -0.116. The minimum Gasteiger partial charge on any atom is -0.493 e. The van der Waals surface area contributed by atoms with Crippen molar-refractivity contribution in [2.24, 2.45) is 0 Å². The van der Waals surface area contributed by atoms with Gasteiger partial charge in [-0.15, -0.1) is 0 Å². The lowest BCUT2D eigenvalue weighted by Crippen LogP contribution is -2.37. The Kier molecular flexibility index (Phi) is 5.74. The second-order valence-corrected chi connectivity index (χ2v) is 6.94. The summed E-state index contributed by atoms with van der Waals surface area (Å²) in [5, 5.41) is 7.00. The minimum atomic E-state index is -0.255. The van der Waals surface area contributed by atoms with Crippen molar-refractivity contribution in [3.63, 3.8) is 0 Å². The van der Waals surface area contributed by atoms with E-state index >= 15 is 0 Å². The molecule has 0 atom stereocenters. The number of benzene rings is 2. The predicted molar refractivity (Wildman–Crippen MR) is 116 cm³/mol. The zero-order valence-electron chi connectivity index (χ0n) is 17.3. The molecule has 1 fully saturated rings. The van der Waals surface area contributed by atoms with E-state index in [-0.39, 0.29) is 18.5 Å². The highest BCUT2D eigenvalue weighted by molar-refractivity contribution is 5.99. The van der Waals surface area contributed by atoms with Gasteiger partial charge in [0.15, 0.2) is 11.5 Å². The van der Waals surface area contributed by atoms with Crippen LogP contribution >= 0.6 is 0 Å². The fourth-order valence-corrected chi connectivity index (χ4v) is 3.45. The molecule has 1 aliphatic rings. The van der Waals surface area contributed by atoms with Gasteiger partial charge in [0.1, 0.15) is 6.54 Å². The van der Waals surface area contributed by atoms with Crippen molar-refractivity contribution in [2.75, 3.05) is 44.1 Å². The zero-order valence-corrected chi connectivity index (χ0v) is 17.3. The van der Waals surface area contributed by atoms with Crippen LogP contribution in [0.25, 0.3) is 5.69 Å². The number of hydrogen-bond donors (Lipinski definition) is 1. The van der Waals surface area contributed by atoms with Crippen molar-refractivity contribution in [1.82, 2.24) is 14.7 Å². The quantitative estimate of drug-likeness (QED) is 0.634. The molecule has 160 valence electrons. The lowest BCUT2D eigenvalue weighted by atomic mass is 10.2. The third-order valence-corrected chi connectivity index (χ3v) is 5.03. The molecule has 3 amide bonds. The van der Waals surface area contributed by atoms with Crippen LogP contribution in [-0.4, -0.2) is 60.5 Å². The number of amides is 3. The number of anilines is 2. The highest BCUT2D eigenvalue weighted by Crippen LogP contribution is 2.32. The summed E-state index contributed by atoms with van der Waals surface area (Å²) < 4.78 is 12.3. The fraction of sp³-hybridized carbons (Fsp3) is 0.227. The molecule has 9 heteroatoms. The van der Waals surface area contributed by atoms with Gasteiger partial charge in [0.25, 0.3) is 0 Å². The summed E-state index contributed by atoms with van der Waals surface area (Å²) in [5.74, 6) is 0.879. The molecule has 2 aromatic carbocycles. The van der Waals surface area contributed by atoms with Crippen molar-refractivity contribution in [1.29, 1.82) is 0 Å². The van der Waals surface area contributed by atoms with E-state index in [0.717, 1.165) is 5.69 Å². The maximum absolute atomic E-state index is 12.8. The maximum Gasteiger partial charge on any atom is 0.325 e. The molecular weight excluding hydrogens is 398 g/mol. The van der Waals surface area contributed by atoms with Gasteiger partial charge in [-0.25, -0.2) is 9.48 Å². The predicted octanol–water partition coefficient (Wildman–Crippen LogP) is 2.77. The zero-order chi connectivity index (χ0) is 21.8. The van der Waals surface area contributed by atoms with Gasteiger partial charge in [-0.3, -0.25) is 9.69 Å².